The molecule has 0 amide bonds. The molecule has 0 aliphatic heterocycles. The number of quaternary nitrogens is 1. The first-order valence-electron chi connectivity index (χ1n) is 6.18. The van der Waals surface area contributed by atoms with Gasteiger partial charge < -0.3 is 4.48 Å². The number of likely N-dealkylation sites (N-methyl/N-ethyl adjacent to an activating group) is 1. The molecule has 1 aromatic rings. The van der Waals surface area contributed by atoms with Gasteiger partial charge in [-0.25, -0.2) is 0 Å². The highest BCUT2D eigenvalue weighted by molar-refractivity contribution is 5.13. The van der Waals surface area contributed by atoms with E-state index in [1.807, 2.05) is 6.08 Å². The second-order valence-corrected chi connectivity index (χ2v) is 4.81. The third kappa shape index (κ3) is 4.19. The normalized spacial score (nSPS) is 14.4. The van der Waals surface area contributed by atoms with E-state index in [1.165, 1.54) is 24.9 Å². The number of benzene rings is 1. The Kier molecular flexibility index (Phi) is 5.27. The Balaban J connectivity index is 2.66. The first-order valence-corrected chi connectivity index (χ1v) is 6.18. The molecule has 0 saturated heterocycles. The smallest absolute Gasteiger partial charge is 0.104 e. The van der Waals surface area contributed by atoms with E-state index < -0.39 is 0 Å². The van der Waals surface area contributed by atoms with Crippen molar-refractivity contribution in [2.45, 2.75) is 26.3 Å². The lowest BCUT2D eigenvalue weighted by Gasteiger charge is -2.33. The Morgan fingerprint density at radius 2 is 1.94 bits per heavy atom. The molecule has 0 N–H and O–H groups in total. The van der Waals surface area contributed by atoms with Gasteiger partial charge in [-0.2, -0.15) is 0 Å². The lowest BCUT2D eigenvalue weighted by Crippen LogP contribution is -2.44. The van der Waals surface area contributed by atoms with E-state index in [2.05, 4.69) is 50.9 Å². The summed E-state index contributed by atoms with van der Waals surface area (Å²) >= 11 is 0. The van der Waals surface area contributed by atoms with Crippen molar-refractivity contribution in [3.63, 3.8) is 0 Å². The molecule has 0 aliphatic carbocycles. The third-order valence-electron chi connectivity index (χ3n) is 3.03. The van der Waals surface area contributed by atoms with Gasteiger partial charge in [0, 0.05) is 5.56 Å². The molecule has 1 unspecified atom stereocenters. The van der Waals surface area contributed by atoms with Gasteiger partial charge in [0.1, 0.15) is 6.54 Å². The summed E-state index contributed by atoms with van der Waals surface area (Å²) in [6.07, 6.45) is 4.59. The first-order chi connectivity index (χ1) is 7.70. The van der Waals surface area contributed by atoms with Crippen molar-refractivity contribution in [1.82, 2.24) is 0 Å². The highest BCUT2D eigenvalue weighted by Gasteiger charge is 2.19. The zero-order valence-electron chi connectivity index (χ0n) is 10.7. The second kappa shape index (κ2) is 6.49. The maximum absolute atomic E-state index is 3.88. The van der Waals surface area contributed by atoms with Gasteiger partial charge in [0.05, 0.1) is 20.1 Å². The molecule has 88 valence electrons. The van der Waals surface area contributed by atoms with Crippen molar-refractivity contribution in [1.29, 1.82) is 0 Å². The van der Waals surface area contributed by atoms with Gasteiger partial charge in [-0.05, 0) is 12.5 Å². The summed E-state index contributed by atoms with van der Waals surface area (Å²) in [5.41, 5.74) is 1.42. The van der Waals surface area contributed by atoms with Crippen LogP contribution in [0.2, 0.25) is 0 Å². The molecule has 0 aromatic heterocycles. The molecular weight excluding hydrogens is 194 g/mol. The van der Waals surface area contributed by atoms with Crippen LogP contribution in [0.25, 0.3) is 0 Å². The van der Waals surface area contributed by atoms with Crippen molar-refractivity contribution in [3.8, 4) is 0 Å². The molecule has 0 aliphatic rings. The highest BCUT2D eigenvalue weighted by atomic mass is 15.3. The quantitative estimate of drug-likeness (QED) is 0.484. The lowest BCUT2D eigenvalue weighted by atomic mass is 10.1. The molecule has 1 nitrogen and oxygen atoms in total. The average Bonchev–Trinajstić information content (AvgIpc) is 2.28. The van der Waals surface area contributed by atoms with Crippen LogP contribution in [0.15, 0.2) is 43.0 Å². The molecule has 0 radical (unpaired) electrons. The first kappa shape index (κ1) is 13.0. The average molecular weight is 218 g/mol. The minimum atomic E-state index is 1.05. The van der Waals surface area contributed by atoms with Crippen molar-refractivity contribution < 1.29 is 4.48 Å². The summed E-state index contributed by atoms with van der Waals surface area (Å²) < 4.78 is 1.07. The van der Waals surface area contributed by atoms with Crippen LogP contribution in [0.5, 0.6) is 0 Å². The van der Waals surface area contributed by atoms with E-state index in [1.54, 1.807) is 0 Å². The van der Waals surface area contributed by atoms with E-state index in [0.29, 0.717) is 0 Å². The van der Waals surface area contributed by atoms with Crippen LogP contribution in [0.3, 0.4) is 0 Å². The van der Waals surface area contributed by atoms with Crippen LogP contribution >= 0.6 is 0 Å². The Morgan fingerprint density at radius 3 is 2.50 bits per heavy atom. The maximum Gasteiger partial charge on any atom is 0.104 e. The molecule has 1 atom stereocenters. The van der Waals surface area contributed by atoms with Crippen molar-refractivity contribution in [3.05, 3.63) is 48.6 Å². The van der Waals surface area contributed by atoms with Crippen LogP contribution in [-0.2, 0) is 6.54 Å². The molecule has 0 bridgehead atoms. The van der Waals surface area contributed by atoms with E-state index in [-0.39, 0.29) is 0 Å². The van der Waals surface area contributed by atoms with Crippen LogP contribution in [0, 0.1) is 0 Å². The SMILES string of the molecule is C=CC[N+](C)(CCCC)Cc1ccccc1. The fourth-order valence-electron chi connectivity index (χ4n) is 2.11. The molecule has 16 heavy (non-hydrogen) atoms. The second-order valence-electron chi connectivity index (χ2n) is 4.81. The number of nitrogens with zero attached hydrogens (tertiary/aromatic N) is 1. The van der Waals surface area contributed by atoms with Gasteiger partial charge in [-0.15, -0.1) is 0 Å². The molecule has 1 aromatic carbocycles. The number of unbranched alkanes of at least 4 members (excludes halogenated alkanes) is 1. The van der Waals surface area contributed by atoms with Gasteiger partial charge in [-0.3, -0.25) is 0 Å². The number of rotatable bonds is 7. The van der Waals surface area contributed by atoms with Crippen LogP contribution in [0.1, 0.15) is 25.3 Å². The van der Waals surface area contributed by atoms with Crippen LogP contribution in [0.4, 0.5) is 0 Å². The van der Waals surface area contributed by atoms with Crippen LogP contribution < -0.4 is 0 Å². The fourth-order valence-corrected chi connectivity index (χ4v) is 2.11. The van der Waals surface area contributed by atoms with Gasteiger partial charge in [0.15, 0.2) is 0 Å². The third-order valence-corrected chi connectivity index (χ3v) is 3.03. The molecular formula is C15H24N+. The monoisotopic (exact) mass is 218 g/mol. The van der Waals surface area contributed by atoms with Crippen molar-refractivity contribution in [2.24, 2.45) is 0 Å². The van der Waals surface area contributed by atoms with Crippen molar-refractivity contribution in [2.75, 3.05) is 20.1 Å². The topological polar surface area (TPSA) is 0 Å². The standard InChI is InChI=1S/C15H24N/c1-4-6-13-16(3,12-5-2)14-15-10-8-7-9-11-15/h5,7-11H,2,4,6,12-14H2,1,3H3/q+1. The summed E-state index contributed by atoms with van der Waals surface area (Å²) in [4.78, 5) is 0. The predicted octanol–water partition coefficient (Wildman–Crippen LogP) is 3.62. The van der Waals surface area contributed by atoms with Gasteiger partial charge in [0.25, 0.3) is 0 Å². The maximum atomic E-state index is 3.88. The predicted molar refractivity (Wildman–Crippen MR) is 71.2 cm³/mol. The van der Waals surface area contributed by atoms with Crippen LogP contribution in [-0.4, -0.2) is 24.6 Å². The molecule has 0 fully saturated rings. The Hall–Kier alpha value is -1.08. The Bertz CT molecular complexity index is 304. The van der Waals surface area contributed by atoms with E-state index >= 15 is 0 Å². The highest BCUT2D eigenvalue weighted by Crippen LogP contribution is 2.13. The minimum Gasteiger partial charge on any atom is -0.319 e. The van der Waals surface area contributed by atoms with E-state index in [9.17, 15) is 0 Å². The largest absolute Gasteiger partial charge is 0.319 e. The molecule has 0 spiro atoms. The van der Waals surface area contributed by atoms with Crippen molar-refractivity contribution >= 4 is 0 Å². The zero-order valence-corrected chi connectivity index (χ0v) is 10.7. The summed E-state index contributed by atoms with van der Waals surface area (Å²) in [5, 5.41) is 0. The molecule has 1 heteroatoms. The molecule has 0 saturated carbocycles. The minimum absolute atomic E-state index is 1.05. The van der Waals surface area contributed by atoms with Gasteiger partial charge in [0.2, 0.25) is 0 Å². The Morgan fingerprint density at radius 1 is 1.25 bits per heavy atom. The summed E-state index contributed by atoms with van der Waals surface area (Å²) in [5.74, 6) is 0. The van der Waals surface area contributed by atoms with E-state index in [0.717, 1.165) is 17.6 Å². The molecule has 0 heterocycles. The summed E-state index contributed by atoms with van der Waals surface area (Å²) in [7, 11) is 2.32. The number of hydrogen-bond acceptors (Lipinski definition) is 0. The van der Waals surface area contributed by atoms with Gasteiger partial charge >= 0.3 is 0 Å². The Labute approximate surface area is 100.0 Å². The molecule has 1 rings (SSSR count). The summed E-state index contributed by atoms with van der Waals surface area (Å²) in [6.45, 7) is 9.52. The zero-order chi connectivity index (χ0) is 11.9. The summed E-state index contributed by atoms with van der Waals surface area (Å²) in [6, 6.07) is 10.7. The lowest BCUT2D eigenvalue weighted by molar-refractivity contribution is -0.917. The number of hydrogen-bond donors (Lipinski definition) is 0. The fraction of sp³-hybridized carbons (Fsp3) is 0.467. The van der Waals surface area contributed by atoms with Gasteiger partial charge in [-0.1, -0.05) is 50.3 Å². The van der Waals surface area contributed by atoms with E-state index in [4.69, 9.17) is 0 Å².